The average molecular weight is 627 g/mol. The molecule has 2 aliphatic rings. The van der Waals surface area contributed by atoms with E-state index in [1.165, 1.54) is 38.9 Å². The lowest BCUT2D eigenvalue weighted by atomic mass is 9.91. The smallest absolute Gasteiger partial charge is 0.225 e. The summed E-state index contributed by atoms with van der Waals surface area (Å²) in [6, 6.07) is 17.5. The van der Waals surface area contributed by atoms with Crippen LogP contribution >= 0.6 is 34.8 Å². The highest BCUT2D eigenvalue weighted by molar-refractivity contribution is 14.1. The van der Waals surface area contributed by atoms with Crippen molar-refractivity contribution < 1.29 is 0 Å². The van der Waals surface area contributed by atoms with Crippen molar-refractivity contribution in [3.63, 3.8) is 0 Å². The molecule has 2 aromatic carbocycles. The Kier molecular flexibility index (Phi) is 8.44. The van der Waals surface area contributed by atoms with Crippen LogP contribution in [0.25, 0.3) is 0 Å². The van der Waals surface area contributed by atoms with Crippen molar-refractivity contribution in [2.75, 3.05) is 22.6 Å². The highest BCUT2D eigenvalue weighted by atomic mass is 127. The minimum absolute atomic E-state index is 0.369. The van der Waals surface area contributed by atoms with Gasteiger partial charge in [-0.1, -0.05) is 18.2 Å². The van der Waals surface area contributed by atoms with E-state index in [0.717, 1.165) is 56.0 Å². The van der Waals surface area contributed by atoms with E-state index in [9.17, 15) is 0 Å². The van der Waals surface area contributed by atoms with Gasteiger partial charge in [-0.05, 0) is 129 Å². The van der Waals surface area contributed by atoms with Crippen LogP contribution in [0.15, 0.2) is 48.5 Å². The molecule has 6 nitrogen and oxygen atoms in total. The summed E-state index contributed by atoms with van der Waals surface area (Å²) < 4.78 is 1.21. The second-order valence-corrected chi connectivity index (χ2v) is 11.8. The fraction of sp³-hybridized carbons (Fsp3) is 0.414. The zero-order valence-corrected chi connectivity index (χ0v) is 24.5. The number of halogens is 1. The van der Waals surface area contributed by atoms with Gasteiger partial charge >= 0.3 is 0 Å². The van der Waals surface area contributed by atoms with Gasteiger partial charge in [-0.15, -0.1) is 0 Å². The lowest BCUT2D eigenvalue weighted by Crippen LogP contribution is -2.42. The molecule has 0 saturated heterocycles. The van der Waals surface area contributed by atoms with Gasteiger partial charge in [-0.3, -0.25) is 0 Å². The van der Waals surface area contributed by atoms with Gasteiger partial charge < -0.3 is 20.9 Å². The molecular formula is C29H35IN6S. The van der Waals surface area contributed by atoms with E-state index in [-0.39, 0.29) is 0 Å². The van der Waals surface area contributed by atoms with Gasteiger partial charge in [0.15, 0.2) is 5.11 Å². The molecule has 0 amide bonds. The van der Waals surface area contributed by atoms with Crippen LogP contribution < -0.4 is 20.9 Å². The minimum Gasteiger partial charge on any atom is -0.360 e. The summed E-state index contributed by atoms with van der Waals surface area (Å²) in [5.41, 5.74) is 5.99. The Bertz CT molecular complexity index is 1240. The first-order valence-corrected chi connectivity index (χ1v) is 14.7. The number of benzene rings is 2. The summed E-state index contributed by atoms with van der Waals surface area (Å²) in [6.45, 7) is 2.16. The van der Waals surface area contributed by atoms with E-state index < -0.39 is 0 Å². The van der Waals surface area contributed by atoms with Crippen LogP contribution in [-0.2, 0) is 12.8 Å². The largest absolute Gasteiger partial charge is 0.360 e. The Morgan fingerprint density at radius 3 is 2.41 bits per heavy atom. The van der Waals surface area contributed by atoms with Crippen molar-refractivity contribution >= 4 is 63.1 Å². The fourth-order valence-corrected chi connectivity index (χ4v) is 6.06. The van der Waals surface area contributed by atoms with Crippen LogP contribution in [-0.4, -0.2) is 34.2 Å². The summed E-state index contributed by atoms with van der Waals surface area (Å²) in [6.07, 6.45) is 8.73. The monoisotopic (exact) mass is 626 g/mol. The number of hydrogen-bond donors (Lipinski definition) is 3. The number of nitrogens with zero attached hydrogens (tertiary/aromatic N) is 3. The molecule has 0 unspecified atom stereocenters. The standard InChI is InChI=1S/C29H35IN6S/c1-19-7-3-6-10-26(19)36(2)27-24-8-4-5-9-25(24)34-28(35-27)31-21-15-17-23(18-16-21)33-29(37)32-22-13-11-20(30)12-14-22/h3,6-7,10-14,21,23H,4-5,8-9,15-18H2,1-2H3,(H,31,34,35)(H2,32,33,37). The summed E-state index contributed by atoms with van der Waals surface area (Å²) in [5, 5.41) is 11.2. The number of nitrogens with one attached hydrogen (secondary N) is 3. The number of hydrogen-bond acceptors (Lipinski definition) is 5. The number of para-hydroxylation sites is 1. The van der Waals surface area contributed by atoms with E-state index in [2.05, 4.69) is 106 Å². The van der Waals surface area contributed by atoms with Gasteiger partial charge in [0, 0.05) is 39.6 Å². The van der Waals surface area contributed by atoms with Crippen molar-refractivity contribution in [3.8, 4) is 0 Å². The number of rotatable bonds is 6. The molecule has 2 aliphatic carbocycles. The quantitative estimate of drug-likeness (QED) is 0.207. The Morgan fingerprint density at radius 2 is 1.65 bits per heavy atom. The summed E-state index contributed by atoms with van der Waals surface area (Å²) in [5.74, 6) is 1.81. The molecule has 5 rings (SSSR count). The molecule has 1 saturated carbocycles. The van der Waals surface area contributed by atoms with Crippen molar-refractivity contribution in [2.24, 2.45) is 0 Å². The van der Waals surface area contributed by atoms with Crippen molar-refractivity contribution in [1.29, 1.82) is 0 Å². The van der Waals surface area contributed by atoms with Gasteiger partial charge in [-0.25, -0.2) is 4.98 Å². The predicted molar refractivity (Wildman–Crippen MR) is 166 cm³/mol. The molecule has 0 radical (unpaired) electrons. The van der Waals surface area contributed by atoms with Crippen LogP contribution in [0.1, 0.15) is 55.3 Å². The van der Waals surface area contributed by atoms with Crippen LogP contribution in [0, 0.1) is 10.5 Å². The zero-order chi connectivity index (χ0) is 25.8. The van der Waals surface area contributed by atoms with E-state index >= 15 is 0 Å². The van der Waals surface area contributed by atoms with Gasteiger partial charge in [0.25, 0.3) is 0 Å². The number of aryl methyl sites for hydroxylation is 2. The summed E-state index contributed by atoms with van der Waals surface area (Å²) >= 11 is 7.87. The van der Waals surface area contributed by atoms with Crippen LogP contribution in [0.4, 0.5) is 23.1 Å². The van der Waals surface area contributed by atoms with E-state index in [1.54, 1.807) is 0 Å². The third kappa shape index (κ3) is 6.52. The van der Waals surface area contributed by atoms with Crippen LogP contribution in [0.3, 0.4) is 0 Å². The SMILES string of the molecule is Cc1ccccc1N(C)c1nc(NC2CCC(NC(=S)Nc3ccc(I)cc3)CC2)nc2c1CCCC2. The minimum atomic E-state index is 0.369. The predicted octanol–water partition coefficient (Wildman–Crippen LogP) is 6.75. The molecule has 8 heteroatoms. The topological polar surface area (TPSA) is 65.1 Å². The van der Waals surface area contributed by atoms with Crippen LogP contribution in [0.2, 0.25) is 0 Å². The maximum Gasteiger partial charge on any atom is 0.225 e. The van der Waals surface area contributed by atoms with Gasteiger partial charge in [0.1, 0.15) is 5.82 Å². The average Bonchev–Trinajstić information content (AvgIpc) is 2.90. The second kappa shape index (κ2) is 11.9. The van der Waals surface area contributed by atoms with Gasteiger partial charge in [0.2, 0.25) is 5.95 Å². The van der Waals surface area contributed by atoms with Gasteiger partial charge in [-0.2, -0.15) is 4.98 Å². The third-order valence-electron chi connectivity index (χ3n) is 7.45. The first-order chi connectivity index (χ1) is 18.0. The molecule has 0 atom stereocenters. The number of aromatic nitrogens is 2. The summed E-state index contributed by atoms with van der Waals surface area (Å²) in [7, 11) is 2.13. The zero-order valence-electron chi connectivity index (χ0n) is 21.6. The molecular weight excluding hydrogens is 591 g/mol. The highest BCUT2D eigenvalue weighted by Gasteiger charge is 2.25. The Hall–Kier alpha value is -2.46. The van der Waals surface area contributed by atoms with Gasteiger partial charge in [0.05, 0.1) is 5.69 Å². The van der Waals surface area contributed by atoms with Crippen LogP contribution in [0.5, 0.6) is 0 Å². The number of fused-ring (bicyclic) bond motifs is 1. The molecule has 1 aromatic heterocycles. The maximum absolute atomic E-state index is 5.56. The molecule has 0 aliphatic heterocycles. The lowest BCUT2D eigenvalue weighted by Gasteiger charge is -2.31. The van der Waals surface area contributed by atoms with Crippen molar-refractivity contribution in [3.05, 3.63) is 68.9 Å². The highest BCUT2D eigenvalue weighted by Crippen LogP contribution is 2.34. The lowest BCUT2D eigenvalue weighted by molar-refractivity contribution is 0.387. The Balaban J connectivity index is 1.22. The van der Waals surface area contributed by atoms with Crippen molar-refractivity contribution in [1.82, 2.24) is 15.3 Å². The Labute approximate surface area is 239 Å². The van der Waals surface area contributed by atoms with Crippen molar-refractivity contribution in [2.45, 2.75) is 70.4 Å². The Morgan fingerprint density at radius 1 is 0.946 bits per heavy atom. The molecule has 3 N–H and O–H groups in total. The molecule has 1 fully saturated rings. The van der Waals surface area contributed by atoms with E-state index in [4.69, 9.17) is 22.2 Å². The maximum atomic E-state index is 5.56. The fourth-order valence-electron chi connectivity index (χ4n) is 5.42. The normalized spacial score (nSPS) is 19.0. The first-order valence-electron chi connectivity index (χ1n) is 13.2. The van der Waals surface area contributed by atoms with E-state index in [0.29, 0.717) is 17.2 Å². The summed E-state index contributed by atoms with van der Waals surface area (Å²) in [4.78, 5) is 12.3. The second-order valence-electron chi connectivity index (χ2n) is 10.1. The third-order valence-corrected chi connectivity index (χ3v) is 8.39. The molecule has 0 bridgehead atoms. The molecule has 37 heavy (non-hydrogen) atoms. The number of anilines is 4. The first kappa shape index (κ1) is 26.2. The molecule has 1 heterocycles. The molecule has 3 aromatic rings. The molecule has 0 spiro atoms. The van der Waals surface area contributed by atoms with E-state index in [1.807, 2.05) is 0 Å². The molecule has 194 valence electrons. The number of thiocarbonyl (C=S) groups is 1.